The molecule has 0 spiro atoms. The summed E-state index contributed by atoms with van der Waals surface area (Å²) < 4.78 is 5.43. The maximum atomic E-state index is 5.43. The van der Waals surface area contributed by atoms with E-state index in [1.807, 2.05) is 18.2 Å². The van der Waals surface area contributed by atoms with Gasteiger partial charge in [0.2, 0.25) is 0 Å². The molecule has 0 saturated carbocycles. The topological polar surface area (TPSA) is 9.23 Å². The van der Waals surface area contributed by atoms with Crippen molar-refractivity contribution in [1.29, 1.82) is 0 Å². The summed E-state index contributed by atoms with van der Waals surface area (Å²) >= 11 is 0. The predicted octanol–water partition coefficient (Wildman–Crippen LogP) is 2.20. The summed E-state index contributed by atoms with van der Waals surface area (Å²) in [5, 5.41) is 0. The predicted molar refractivity (Wildman–Crippen MR) is 44.9 cm³/mol. The molecule has 2 rings (SSSR count). The van der Waals surface area contributed by atoms with Gasteiger partial charge in [-0.2, -0.15) is 0 Å². The molecule has 1 aliphatic carbocycles. The van der Waals surface area contributed by atoms with E-state index in [1.54, 1.807) is 6.26 Å². The van der Waals surface area contributed by atoms with Gasteiger partial charge in [0.1, 0.15) is 6.10 Å². The van der Waals surface area contributed by atoms with E-state index in [-0.39, 0.29) is 6.10 Å². The second kappa shape index (κ2) is 2.79. The average Bonchev–Trinajstić information content (AvgIpc) is 2.28. The van der Waals surface area contributed by atoms with Gasteiger partial charge in [-0.25, -0.2) is 0 Å². The minimum Gasteiger partial charge on any atom is -0.493 e. The van der Waals surface area contributed by atoms with Gasteiger partial charge in [-0.15, -0.1) is 0 Å². The van der Waals surface area contributed by atoms with Crippen LogP contribution in [0.4, 0.5) is 0 Å². The van der Waals surface area contributed by atoms with E-state index in [4.69, 9.17) is 4.74 Å². The molecule has 0 N–H and O–H groups in total. The molecule has 1 aliphatic heterocycles. The highest BCUT2D eigenvalue weighted by Crippen LogP contribution is 2.19. The van der Waals surface area contributed by atoms with Crippen molar-refractivity contribution in [3.8, 4) is 0 Å². The molecule has 2 unspecified atom stereocenters. The summed E-state index contributed by atoms with van der Waals surface area (Å²) in [7, 11) is 0. The largest absolute Gasteiger partial charge is 0.493 e. The van der Waals surface area contributed by atoms with Crippen molar-refractivity contribution in [1.82, 2.24) is 0 Å². The number of fused-ring (bicyclic) bond motifs is 1. The number of hydrogen-bond acceptors (Lipinski definition) is 1. The van der Waals surface area contributed by atoms with Gasteiger partial charge in [-0.05, 0) is 12.2 Å². The molecule has 1 nitrogen and oxygen atoms in total. The molecule has 1 heterocycles. The lowest BCUT2D eigenvalue weighted by Crippen LogP contribution is -2.17. The minimum atomic E-state index is 0.204. The highest BCUT2D eigenvalue weighted by atomic mass is 16.5. The van der Waals surface area contributed by atoms with Crippen LogP contribution < -0.4 is 0 Å². The molecular weight excluding hydrogens is 136 g/mol. The zero-order chi connectivity index (χ0) is 7.52. The van der Waals surface area contributed by atoms with Crippen LogP contribution in [0.25, 0.3) is 0 Å². The van der Waals surface area contributed by atoms with E-state index in [9.17, 15) is 0 Å². The lowest BCUT2D eigenvalue weighted by molar-refractivity contribution is 0.165. The average molecular weight is 146 g/mol. The summed E-state index contributed by atoms with van der Waals surface area (Å²) in [4.78, 5) is 0. The third-order valence-electron chi connectivity index (χ3n) is 1.88. The van der Waals surface area contributed by atoms with Crippen molar-refractivity contribution in [2.45, 2.75) is 6.10 Å². The summed E-state index contributed by atoms with van der Waals surface area (Å²) in [6.45, 7) is 0. The molecule has 0 fully saturated rings. The number of ether oxygens (including phenoxy) is 1. The third kappa shape index (κ3) is 1.27. The van der Waals surface area contributed by atoms with Gasteiger partial charge < -0.3 is 4.74 Å². The van der Waals surface area contributed by atoms with Crippen LogP contribution in [0.1, 0.15) is 0 Å². The molecular formula is C10H10O. The first-order valence-corrected chi connectivity index (χ1v) is 3.80. The standard InChI is InChI=1S/C10H10O/c1-2-7-10-9(5-1)6-3-4-8-11-10/h1-10H. The first-order valence-electron chi connectivity index (χ1n) is 3.80. The first-order chi connectivity index (χ1) is 5.47. The molecule has 0 aromatic carbocycles. The summed E-state index contributed by atoms with van der Waals surface area (Å²) in [5.41, 5.74) is 0. The van der Waals surface area contributed by atoms with Crippen molar-refractivity contribution in [2.24, 2.45) is 5.92 Å². The third-order valence-corrected chi connectivity index (χ3v) is 1.88. The fourth-order valence-corrected chi connectivity index (χ4v) is 1.29. The Bertz CT molecular complexity index is 246. The Balaban J connectivity index is 2.23. The molecule has 56 valence electrons. The normalized spacial score (nSPS) is 32.7. The van der Waals surface area contributed by atoms with Gasteiger partial charge >= 0.3 is 0 Å². The highest BCUT2D eigenvalue weighted by molar-refractivity contribution is 5.22. The van der Waals surface area contributed by atoms with Crippen LogP contribution in [-0.2, 0) is 4.74 Å². The van der Waals surface area contributed by atoms with E-state index in [1.165, 1.54) is 0 Å². The Morgan fingerprint density at radius 1 is 0.818 bits per heavy atom. The van der Waals surface area contributed by atoms with Crippen LogP contribution in [0.3, 0.4) is 0 Å². The van der Waals surface area contributed by atoms with Gasteiger partial charge in [0.25, 0.3) is 0 Å². The van der Waals surface area contributed by atoms with Crippen LogP contribution in [0.15, 0.2) is 48.8 Å². The molecule has 0 radical (unpaired) electrons. The Morgan fingerprint density at radius 2 is 1.55 bits per heavy atom. The Hall–Kier alpha value is -1.24. The lowest BCUT2D eigenvalue weighted by atomic mass is 9.97. The van der Waals surface area contributed by atoms with Crippen LogP contribution in [0.2, 0.25) is 0 Å². The number of rotatable bonds is 0. The minimum absolute atomic E-state index is 0.204. The Morgan fingerprint density at radius 3 is 2.45 bits per heavy atom. The zero-order valence-electron chi connectivity index (χ0n) is 6.18. The van der Waals surface area contributed by atoms with Crippen LogP contribution >= 0.6 is 0 Å². The van der Waals surface area contributed by atoms with E-state index in [2.05, 4.69) is 24.3 Å². The van der Waals surface area contributed by atoms with Gasteiger partial charge in [-0.1, -0.05) is 30.4 Å². The quantitative estimate of drug-likeness (QED) is 0.509. The molecule has 2 atom stereocenters. The fourth-order valence-electron chi connectivity index (χ4n) is 1.29. The second-order valence-electron chi connectivity index (χ2n) is 2.66. The molecule has 0 amide bonds. The van der Waals surface area contributed by atoms with Crippen LogP contribution in [-0.4, -0.2) is 6.10 Å². The fraction of sp³-hybridized carbons (Fsp3) is 0.200. The number of allylic oxidation sites excluding steroid dienone is 4. The van der Waals surface area contributed by atoms with Gasteiger partial charge in [0.15, 0.2) is 0 Å². The maximum absolute atomic E-state index is 5.43. The van der Waals surface area contributed by atoms with Crippen molar-refractivity contribution in [2.75, 3.05) is 0 Å². The molecule has 11 heavy (non-hydrogen) atoms. The van der Waals surface area contributed by atoms with Crippen molar-refractivity contribution < 1.29 is 4.74 Å². The van der Waals surface area contributed by atoms with E-state index >= 15 is 0 Å². The SMILES string of the molecule is C1=COC2C=CC=CC2C=C1. The van der Waals surface area contributed by atoms with Crippen molar-refractivity contribution in [3.05, 3.63) is 48.8 Å². The molecule has 1 heteroatoms. The number of hydrogen-bond donors (Lipinski definition) is 0. The smallest absolute Gasteiger partial charge is 0.126 e. The monoisotopic (exact) mass is 146 g/mol. The van der Waals surface area contributed by atoms with Crippen LogP contribution in [0, 0.1) is 5.92 Å². The summed E-state index contributed by atoms with van der Waals surface area (Å²) in [6.07, 6.45) is 16.3. The Kier molecular flexibility index (Phi) is 1.64. The molecule has 2 aliphatic rings. The van der Waals surface area contributed by atoms with Gasteiger partial charge in [0.05, 0.1) is 6.26 Å². The maximum Gasteiger partial charge on any atom is 0.126 e. The summed E-state index contributed by atoms with van der Waals surface area (Å²) in [6, 6.07) is 0. The second-order valence-corrected chi connectivity index (χ2v) is 2.66. The summed E-state index contributed by atoms with van der Waals surface area (Å²) in [5.74, 6) is 0.412. The zero-order valence-corrected chi connectivity index (χ0v) is 6.18. The molecule has 0 aromatic heterocycles. The first kappa shape index (κ1) is 6.47. The van der Waals surface area contributed by atoms with Crippen molar-refractivity contribution in [3.63, 3.8) is 0 Å². The van der Waals surface area contributed by atoms with E-state index in [0.717, 1.165) is 0 Å². The molecule has 0 saturated heterocycles. The van der Waals surface area contributed by atoms with E-state index < -0.39 is 0 Å². The highest BCUT2D eigenvalue weighted by Gasteiger charge is 2.16. The van der Waals surface area contributed by atoms with Gasteiger partial charge in [-0.3, -0.25) is 0 Å². The van der Waals surface area contributed by atoms with E-state index in [0.29, 0.717) is 5.92 Å². The lowest BCUT2D eigenvalue weighted by Gasteiger charge is -2.18. The van der Waals surface area contributed by atoms with Gasteiger partial charge in [0, 0.05) is 5.92 Å². The molecule has 0 aromatic rings. The van der Waals surface area contributed by atoms with Crippen molar-refractivity contribution >= 4 is 0 Å². The molecule has 0 bridgehead atoms. The van der Waals surface area contributed by atoms with Crippen LogP contribution in [0.5, 0.6) is 0 Å². The Labute approximate surface area is 66.4 Å².